The number of carboxylic acid groups (broad SMARTS) is 1. The third kappa shape index (κ3) is 13.7. The van der Waals surface area contributed by atoms with Gasteiger partial charge >= 0.3 is 5.97 Å². The van der Waals surface area contributed by atoms with Crippen LogP contribution in [-0.2, 0) is 53.1 Å². The number of aromatic hydroxyl groups is 6. The van der Waals surface area contributed by atoms with Crippen LogP contribution < -0.4 is 51.8 Å². The molecule has 8 aromatic carbocycles. The number of aliphatic hydroxyl groups is 1. The number of rotatable bonds is 5. The van der Waals surface area contributed by atoms with E-state index in [1.807, 2.05) is 17.0 Å². The molecule has 0 radical (unpaired) electrons. The monoisotopic (exact) mass is 1420 g/mol. The maximum atomic E-state index is 16.0. The van der Waals surface area contributed by atoms with Crippen LogP contribution in [0.4, 0.5) is 0 Å². The van der Waals surface area contributed by atoms with Gasteiger partial charge in [-0.15, -0.1) is 0 Å². The van der Waals surface area contributed by atoms with E-state index in [2.05, 4.69) is 36.8 Å². The highest BCUT2D eigenvalue weighted by Crippen LogP contribution is 2.50. The fourth-order valence-electron chi connectivity index (χ4n) is 12.6. The average Bonchev–Trinajstić information content (AvgIpc) is 0.771. The number of phenols is 6. The molecule has 0 saturated carbocycles. The standard InChI is InChI=1S/C70H60Cl3N9O18/c71-37-7-1-30(2-8-37)28-81-13-15-82(16-14-81)29-42-48(86)27-41-54(62(42)88)40-21-33(5-9-46(40)84)56-66(92)80-60(69(95)79-59(41)70(96)97)61(87)34-6-12-50(44(73)22-34)100-53-25-36-24-52(63(53)89)99-49-11-3-31(17-43(49)72)18-45-64(90)76-57(67(93)78-58(36)68(94)77-56)35-19-38(83)26-39(20-35)98-51-23-32(4-10-47(51)85)55(74)65(91)75-45/h1-12,17,19-27,45,55-61,83-89H,13-16,18,28-29,74H2,(H,75,91)(H,76,90)(H,77,94)(H,78,93)(H,79,95)(H,80,92)(H,96,97)/t45-,55+,56-,57+,58-,59+,60+,61-/m1/s1. The van der Waals surface area contributed by atoms with Gasteiger partial charge in [0, 0.05) is 73.5 Å². The van der Waals surface area contributed by atoms with Crippen molar-refractivity contribution in [2.75, 3.05) is 26.2 Å². The van der Waals surface area contributed by atoms with Crippen molar-refractivity contribution in [1.29, 1.82) is 0 Å². The van der Waals surface area contributed by atoms with Crippen LogP contribution in [-0.4, -0.2) is 130 Å². The molecule has 16 N–H and O–H groups in total. The van der Waals surface area contributed by atoms with E-state index in [9.17, 15) is 50.4 Å². The lowest BCUT2D eigenvalue weighted by atomic mass is 9.88. The molecule has 7 aliphatic heterocycles. The van der Waals surface area contributed by atoms with E-state index in [1.165, 1.54) is 54.6 Å². The van der Waals surface area contributed by atoms with Gasteiger partial charge in [0.25, 0.3) is 0 Å². The fraction of sp³-hybridized carbons (Fsp3) is 0.214. The maximum Gasteiger partial charge on any atom is 0.330 e. The predicted molar refractivity (Wildman–Crippen MR) is 357 cm³/mol. The number of amides is 6. The first-order valence-electron chi connectivity index (χ1n) is 31.0. The summed E-state index contributed by atoms with van der Waals surface area (Å²) in [5.41, 5.74) is 5.36. The summed E-state index contributed by atoms with van der Waals surface area (Å²) in [6.07, 6.45) is -2.51. The van der Waals surface area contributed by atoms with Gasteiger partial charge in [-0.05, 0) is 130 Å². The van der Waals surface area contributed by atoms with Crippen LogP contribution in [0.2, 0.25) is 15.1 Å². The molecule has 514 valence electrons. The van der Waals surface area contributed by atoms with Crippen LogP contribution in [0.15, 0.2) is 133 Å². The molecule has 15 rings (SSSR count). The smallest absolute Gasteiger partial charge is 0.330 e. The summed E-state index contributed by atoms with van der Waals surface area (Å²) in [7, 11) is 0. The number of carbonyl (C=O) groups excluding carboxylic acids is 6. The number of nitrogens with two attached hydrogens (primary N) is 1. The highest BCUT2D eigenvalue weighted by molar-refractivity contribution is 6.32. The maximum absolute atomic E-state index is 16.0. The van der Waals surface area contributed by atoms with Crippen molar-refractivity contribution in [1.82, 2.24) is 41.7 Å². The lowest BCUT2D eigenvalue weighted by Gasteiger charge is -2.35. The molecule has 1 fully saturated rings. The van der Waals surface area contributed by atoms with Crippen LogP contribution in [0, 0.1) is 0 Å². The van der Waals surface area contributed by atoms with Gasteiger partial charge in [0.05, 0.1) is 15.6 Å². The summed E-state index contributed by atoms with van der Waals surface area (Å²) in [5.74, 6) is -14.8. The first-order chi connectivity index (χ1) is 47.8. The Morgan fingerprint density at radius 1 is 0.500 bits per heavy atom. The lowest BCUT2D eigenvalue weighted by molar-refractivity contribution is -0.143. The molecule has 8 atom stereocenters. The van der Waals surface area contributed by atoms with Crippen LogP contribution in [0.25, 0.3) is 11.1 Å². The molecule has 1 saturated heterocycles. The minimum atomic E-state index is -2.23. The van der Waals surface area contributed by atoms with Crippen molar-refractivity contribution < 1.29 is 88.6 Å². The minimum absolute atomic E-state index is 0.117. The summed E-state index contributed by atoms with van der Waals surface area (Å²) in [5, 5.41) is 110. The molecule has 27 nitrogen and oxygen atoms in total. The summed E-state index contributed by atoms with van der Waals surface area (Å²) >= 11 is 20.0. The van der Waals surface area contributed by atoms with Gasteiger partial charge in [-0.3, -0.25) is 38.6 Å². The highest BCUT2D eigenvalue weighted by atomic mass is 35.5. The van der Waals surface area contributed by atoms with E-state index < -0.39 is 152 Å². The van der Waals surface area contributed by atoms with Crippen molar-refractivity contribution >= 4 is 76.2 Å². The second-order valence-electron chi connectivity index (χ2n) is 24.5. The molecule has 6 amide bonds. The summed E-state index contributed by atoms with van der Waals surface area (Å²) in [4.78, 5) is 109. The fourth-order valence-corrected chi connectivity index (χ4v) is 13.2. The summed E-state index contributed by atoms with van der Waals surface area (Å²) in [6, 6.07) is 14.9. The number of halogens is 3. The van der Waals surface area contributed by atoms with Gasteiger partial charge in [-0.25, -0.2) is 4.79 Å². The van der Waals surface area contributed by atoms with Crippen molar-refractivity contribution in [2.45, 2.75) is 67.9 Å². The van der Waals surface area contributed by atoms with E-state index in [4.69, 9.17) is 54.7 Å². The number of aliphatic carboxylic acids is 1. The Hall–Kier alpha value is -11.0. The Bertz CT molecular complexity index is 4710. The van der Waals surface area contributed by atoms with Gasteiger partial charge in [0.1, 0.15) is 82.6 Å². The average molecular weight is 1420 g/mol. The van der Waals surface area contributed by atoms with Gasteiger partial charge in [-0.1, -0.05) is 71.2 Å². The largest absolute Gasteiger partial charge is 0.508 e. The summed E-state index contributed by atoms with van der Waals surface area (Å²) < 4.78 is 18.6. The van der Waals surface area contributed by atoms with Crippen LogP contribution >= 0.6 is 34.8 Å². The first-order valence-corrected chi connectivity index (χ1v) is 32.2. The second kappa shape index (κ2) is 27.3. The highest BCUT2D eigenvalue weighted by Gasteiger charge is 2.42. The number of ether oxygens (including phenoxy) is 3. The van der Waals surface area contributed by atoms with Gasteiger partial charge in [0.2, 0.25) is 41.2 Å². The lowest BCUT2D eigenvalue weighted by Crippen LogP contribution is -2.55. The van der Waals surface area contributed by atoms with E-state index in [1.54, 1.807) is 12.1 Å². The Morgan fingerprint density at radius 3 is 1.74 bits per heavy atom. The number of fused-ring (bicyclic) bond motifs is 14. The van der Waals surface area contributed by atoms with Crippen molar-refractivity contribution in [3.8, 4) is 80.1 Å². The Morgan fingerprint density at radius 2 is 1.08 bits per heavy atom. The molecule has 30 heteroatoms. The molecule has 0 spiro atoms. The molecule has 100 heavy (non-hydrogen) atoms. The topological polar surface area (TPSA) is 414 Å². The van der Waals surface area contributed by atoms with E-state index >= 15 is 24.0 Å². The van der Waals surface area contributed by atoms with E-state index in [-0.39, 0.29) is 79.4 Å². The normalized spacial score (nSPS) is 21.8. The summed E-state index contributed by atoms with van der Waals surface area (Å²) in [6.45, 7) is 2.37. The molecular formula is C70H60Cl3N9O18. The second-order valence-corrected chi connectivity index (χ2v) is 25.8. The number of carbonyl (C=O) groups is 7. The van der Waals surface area contributed by atoms with Gasteiger partial charge < -0.3 is 92.7 Å². The quantitative estimate of drug-likeness (QED) is 0.0828. The Kier molecular flexibility index (Phi) is 18.5. The van der Waals surface area contributed by atoms with Crippen LogP contribution in [0.1, 0.15) is 86.4 Å². The number of hydrogen-bond acceptors (Lipinski definition) is 20. The van der Waals surface area contributed by atoms with Crippen LogP contribution in [0.3, 0.4) is 0 Å². The SMILES string of the molecule is N[C@@H]1C(=O)N[C@@H]2Cc3ccc(c(Cl)c3)Oc3cc4cc(c3O)Oc3ccc(cc3Cl)[C@@H](O)[C@@H]3NC(=O)[C@H](NC(=O)[C@@H]4NC(=O)[C@@H](NC2=O)c2cc(O)cc(c2)Oc2cc1ccc2O)c1ccc(O)c(c1)-c1c(cc(O)c(CN2CCN(Cc4ccc(Cl)cc4)CC2)c1O)[C@@H](C(=O)O)NC3=O. The Balaban J connectivity index is 0.975. The van der Waals surface area contributed by atoms with E-state index in [0.29, 0.717) is 43.3 Å². The van der Waals surface area contributed by atoms with Gasteiger partial charge in [0.15, 0.2) is 29.0 Å². The van der Waals surface area contributed by atoms with E-state index in [0.717, 1.165) is 60.2 Å². The van der Waals surface area contributed by atoms with Crippen molar-refractivity contribution in [3.63, 3.8) is 0 Å². The predicted octanol–water partition coefficient (Wildman–Crippen LogP) is 6.96. The number of nitrogens with one attached hydrogen (secondary N) is 6. The number of hydrogen-bond donors (Lipinski definition) is 15. The molecule has 7 aliphatic rings. The Labute approximate surface area is 582 Å². The zero-order chi connectivity index (χ0) is 70.7. The van der Waals surface area contributed by atoms with Crippen LogP contribution in [0.5, 0.6) is 69.0 Å². The third-order valence-corrected chi connectivity index (χ3v) is 18.7. The molecule has 7 heterocycles. The van der Waals surface area contributed by atoms with Crippen molar-refractivity contribution in [2.24, 2.45) is 5.73 Å². The molecule has 0 aliphatic carbocycles. The molecule has 0 unspecified atom stereocenters. The molecular weight excluding hydrogens is 1360 g/mol. The first kappa shape index (κ1) is 67.5. The van der Waals surface area contributed by atoms with Gasteiger partial charge in [-0.2, -0.15) is 0 Å². The molecule has 8 aromatic rings. The van der Waals surface area contributed by atoms with Crippen molar-refractivity contribution in [3.05, 3.63) is 199 Å². The number of phenolic OH excluding ortho intramolecular Hbond substituents is 6. The number of benzene rings is 8. The number of nitrogens with zero attached hydrogens (tertiary/aromatic N) is 2. The number of piperazine rings is 1. The molecule has 17 bridgehead atoms. The number of aliphatic hydroxyl groups excluding tert-OH is 1. The third-order valence-electron chi connectivity index (χ3n) is 17.9. The molecule has 0 aromatic heterocycles. The number of carboxylic acids is 1. The zero-order valence-corrected chi connectivity index (χ0v) is 54.3. The zero-order valence-electron chi connectivity index (χ0n) is 52.0. The minimum Gasteiger partial charge on any atom is -0.508 e.